The van der Waals surface area contributed by atoms with Crippen LogP contribution in [-0.4, -0.2) is 43.8 Å². The first-order chi connectivity index (χ1) is 9.56. The fraction of sp³-hybridized carbons (Fsp3) is 1.00. The first kappa shape index (κ1) is 16.3. The summed E-state index contributed by atoms with van der Waals surface area (Å²) in [7, 11) is 2.24. The highest BCUT2D eigenvalue weighted by Crippen LogP contribution is 2.33. The molecule has 2 N–H and O–H groups in total. The normalized spacial score (nSPS) is 35.7. The van der Waals surface area contributed by atoms with Gasteiger partial charge in [-0.15, -0.1) is 0 Å². The van der Waals surface area contributed by atoms with Crippen LogP contribution in [-0.2, 0) is 4.74 Å². The van der Waals surface area contributed by atoms with Crippen LogP contribution in [0.2, 0.25) is 0 Å². The van der Waals surface area contributed by atoms with E-state index >= 15 is 0 Å². The van der Waals surface area contributed by atoms with Gasteiger partial charge in [0.2, 0.25) is 0 Å². The van der Waals surface area contributed by atoms with Crippen molar-refractivity contribution in [3.63, 3.8) is 0 Å². The Balaban J connectivity index is 1.77. The zero-order chi connectivity index (χ0) is 14.5. The molecule has 0 radical (unpaired) electrons. The number of nitrogens with zero attached hydrogens (tertiary/aromatic N) is 1. The zero-order valence-corrected chi connectivity index (χ0v) is 13.7. The summed E-state index contributed by atoms with van der Waals surface area (Å²) in [6.45, 7) is 7.90. The first-order valence-corrected chi connectivity index (χ1v) is 8.62. The lowest BCUT2D eigenvalue weighted by molar-refractivity contribution is -0.00576. The molecule has 2 aliphatic rings. The Morgan fingerprint density at radius 1 is 1.15 bits per heavy atom. The van der Waals surface area contributed by atoms with Crippen molar-refractivity contribution in [3.05, 3.63) is 0 Å². The Bertz CT molecular complexity index is 276. The lowest BCUT2D eigenvalue weighted by atomic mass is 9.74. The molecule has 20 heavy (non-hydrogen) atoms. The van der Waals surface area contributed by atoms with Crippen LogP contribution in [0.5, 0.6) is 0 Å². The lowest BCUT2D eigenvalue weighted by Gasteiger charge is -2.38. The van der Waals surface area contributed by atoms with Crippen LogP contribution in [0.25, 0.3) is 0 Å². The minimum Gasteiger partial charge on any atom is -0.377 e. The maximum atomic E-state index is 6.36. The molecular weight excluding hydrogens is 248 g/mol. The average molecular weight is 282 g/mol. The number of ether oxygens (including phenoxy) is 1. The SMILES string of the molecule is CC(C)C1CCC(N)C(CN(C)CC2CCCCO2)C1. The van der Waals surface area contributed by atoms with E-state index in [1.54, 1.807) is 0 Å². The van der Waals surface area contributed by atoms with Crippen molar-refractivity contribution in [2.45, 2.75) is 64.5 Å². The zero-order valence-electron chi connectivity index (χ0n) is 13.7. The van der Waals surface area contributed by atoms with Crippen molar-refractivity contribution in [1.82, 2.24) is 4.90 Å². The molecule has 1 saturated heterocycles. The van der Waals surface area contributed by atoms with Gasteiger partial charge in [0.15, 0.2) is 0 Å². The number of rotatable bonds is 5. The number of hydrogen-bond donors (Lipinski definition) is 1. The molecule has 4 atom stereocenters. The van der Waals surface area contributed by atoms with Crippen LogP contribution in [0.4, 0.5) is 0 Å². The van der Waals surface area contributed by atoms with Gasteiger partial charge in [-0.3, -0.25) is 0 Å². The van der Waals surface area contributed by atoms with Crippen molar-refractivity contribution in [2.75, 3.05) is 26.7 Å². The van der Waals surface area contributed by atoms with Crippen LogP contribution < -0.4 is 5.73 Å². The summed E-state index contributed by atoms with van der Waals surface area (Å²) in [5.74, 6) is 2.35. The highest BCUT2D eigenvalue weighted by atomic mass is 16.5. The summed E-state index contributed by atoms with van der Waals surface area (Å²) < 4.78 is 5.85. The van der Waals surface area contributed by atoms with Crippen molar-refractivity contribution in [2.24, 2.45) is 23.5 Å². The second-order valence-corrected chi connectivity index (χ2v) is 7.45. The topological polar surface area (TPSA) is 38.5 Å². The summed E-state index contributed by atoms with van der Waals surface area (Å²) in [6.07, 6.45) is 8.10. The maximum absolute atomic E-state index is 6.36. The van der Waals surface area contributed by atoms with Crippen molar-refractivity contribution >= 4 is 0 Å². The fourth-order valence-electron chi connectivity index (χ4n) is 3.91. The lowest BCUT2D eigenvalue weighted by Crippen LogP contribution is -2.44. The standard InChI is InChI=1S/C17H34N2O/c1-13(2)14-7-8-17(18)15(10-14)11-19(3)12-16-6-4-5-9-20-16/h13-17H,4-12,18H2,1-3H3. The predicted octanol–water partition coefficient (Wildman–Crippen LogP) is 2.89. The van der Waals surface area contributed by atoms with E-state index in [4.69, 9.17) is 10.5 Å². The molecule has 0 bridgehead atoms. The summed E-state index contributed by atoms with van der Waals surface area (Å²) in [5.41, 5.74) is 6.36. The van der Waals surface area contributed by atoms with E-state index < -0.39 is 0 Å². The van der Waals surface area contributed by atoms with Gasteiger partial charge in [-0.25, -0.2) is 0 Å². The van der Waals surface area contributed by atoms with Gasteiger partial charge < -0.3 is 15.4 Å². The smallest absolute Gasteiger partial charge is 0.0701 e. The number of nitrogens with two attached hydrogens (primary N) is 1. The molecular formula is C17H34N2O. The van der Waals surface area contributed by atoms with Gasteiger partial charge in [0.1, 0.15) is 0 Å². The number of likely N-dealkylation sites (N-methyl/N-ethyl adjacent to an activating group) is 1. The van der Waals surface area contributed by atoms with Gasteiger partial charge in [0.25, 0.3) is 0 Å². The Morgan fingerprint density at radius 2 is 1.95 bits per heavy atom. The Labute approximate surface area is 125 Å². The van der Waals surface area contributed by atoms with E-state index in [9.17, 15) is 0 Å². The Kier molecular flexibility index (Phi) is 6.31. The molecule has 0 aromatic heterocycles. The Morgan fingerprint density at radius 3 is 2.60 bits per heavy atom. The van der Waals surface area contributed by atoms with Gasteiger partial charge >= 0.3 is 0 Å². The molecule has 0 aromatic carbocycles. The summed E-state index contributed by atoms with van der Waals surface area (Å²) in [5, 5.41) is 0. The molecule has 0 amide bonds. The molecule has 3 heteroatoms. The quantitative estimate of drug-likeness (QED) is 0.842. The van der Waals surface area contributed by atoms with E-state index in [0.29, 0.717) is 18.1 Å². The minimum atomic E-state index is 0.403. The van der Waals surface area contributed by atoms with Gasteiger partial charge in [0, 0.05) is 25.7 Å². The summed E-state index contributed by atoms with van der Waals surface area (Å²) in [6, 6.07) is 0.403. The molecule has 3 nitrogen and oxygen atoms in total. The minimum absolute atomic E-state index is 0.403. The molecule has 118 valence electrons. The van der Waals surface area contributed by atoms with Crippen molar-refractivity contribution in [1.29, 1.82) is 0 Å². The summed E-state index contributed by atoms with van der Waals surface area (Å²) >= 11 is 0. The van der Waals surface area contributed by atoms with Crippen LogP contribution >= 0.6 is 0 Å². The average Bonchev–Trinajstić information content (AvgIpc) is 2.42. The van der Waals surface area contributed by atoms with Crippen LogP contribution in [0.15, 0.2) is 0 Å². The molecule has 0 aromatic rings. The Hall–Kier alpha value is -0.120. The predicted molar refractivity (Wildman–Crippen MR) is 84.7 cm³/mol. The van der Waals surface area contributed by atoms with E-state index in [1.807, 2.05) is 0 Å². The molecule has 1 saturated carbocycles. The maximum Gasteiger partial charge on any atom is 0.0701 e. The molecule has 1 heterocycles. The van der Waals surface area contributed by atoms with Crippen molar-refractivity contribution < 1.29 is 4.74 Å². The first-order valence-electron chi connectivity index (χ1n) is 8.62. The van der Waals surface area contributed by atoms with Gasteiger partial charge in [-0.2, -0.15) is 0 Å². The van der Waals surface area contributed by atoms with Crippen LogP contribution in [0.3, 0.4) is 0 Å². The van der Waals surface area contributed by atoms with E-state index in [0.717, 1.165) is 31.5 Å². The third kappa shape index (κ3) is 4.71. The number of hydrogen-bond acceptors (Lipinski definition) is 3. The highest BCUT2D eigenvalue weighted by Gasteiger charge is 2.30. The second-order valence-electron chi connectivity index (χ2n) is 7.45. The van der Waals surface area contributed by atoms with E-state index in [2.05, 4.69) is 25.8 Å². The fourth-order valence-corrected chi connectivity index (χ4v) is 3.91. The van der Waals surface area contributed by atoms with Gasteiger partial charge in [-0.05, 0) is 63.3 Å². The highest BCUT2D eigenvalue weighted by molar-refractivity contribution is 4.85. The molecule has 1 aliphatic carbocycles. The van der Waals surface area contributed by atoms with Crippen molar-refractivity contribution in [3.8, 4) is 0 Å². The van der Waals surface area contributed by atoms with Crippen LogP contribution in [0.1, 0.15) is 52.4 Å². The van der Waals surface area contributed by atoms with Gasteiger partial charge in [-0.1, -0.05) is 13.8 Å². The monoisotopic (exact) mass is 282 g/mol. The third-order valence-electron chi connectivity index (χ3n) is 5.36. The summed E-state index contributed by atoms with van der Waals surface area (Å²) in [4.78, 5) is 2.46. The molecule has 2 rings (SSSR count). The third-order valence-corrected chi connectivity index (χ3v) is 5.36. The van der Waals surface area contributed by atoms with E-state index in [1.165, 1.54) is 38.5 Å². The molecule has 1 aliphatic heterocycles. The molecule has 0 spiro atoms. The molecule has 2 fully saturated rings. The van der Waals surface area contributed by atoms with E-state index in [-0.39, 0.29) is 0 Å². The largest absolute Gasteiger partial charge is 0.377 e. The second kappa shape index (κ2) is 7.77. The molecule has 4 unspecified atom stereocenters. The van der Waals surface area contributed by atoms with Crippen LogP contribution in [0, 0.1) is 17.8 Å². The van der Waals surface area contributed by atoms with Gasteiger partial charge in [0.05, 0.1) is 6.10 Å².